The molecule has 0 radical (unpaired) electrons. The SMILES string of the molecule is CC(C)c1ccc(C(=O)NCC2CCC(=O)N2)cc1. The number of benzene rings is 1. The van der Waals surface area contributed by atoms with E-state index >= 15 is 0 Å². The molecule has 1 atom stereocenters. The second-order valence-electron chi connectivity index (χ2n) is 5.29. The lowest BCUT2D eigenvalue weighted by Crippen LogP contribution is -2.38. The van der Waals surface area contributed by atoms with Crippen LogP contribution in [0.3, 0.4) is 0 Å². The maximum atomic E-state index is 11.9. The summed E-state index contributed by atoms with van der Waals surface area (Å²) in [6.07, 6.45) is 1.36. The Bertz CT molecular complexity index is 466. The van der Waals surface area contributed by atoms with E-state index in [1.807, 2.05) is 24.3 Å². The normalized spacial score (nSPS) is 18.5. The second kappa shape index (κ2) is 5.87. The first-order valence-electron chi connectivity index (χ1n) is 6.74. The van der Waals surface area contributed by atoms with Crippen molar-refractivity contribution in [3.63, 3.8) is 0 Å². The summed E-state index contributed by atoms with van der Waals surface area (Å²) >= 11 is 0. The van der Waals surface area contributed by atoms with Crippen LogP contribution in [0.25, 0.3) is 0 Å². The molecule has 4 nitrogen and oxygen atoms in total. The number of carbonyl (C=O) groups excluding carboxylic acids is 2. The van der Waals surface area contributed by atoms with Crippen LogP contribution in [0.5, 0.6) is 0 Å². The van der Waals surface area contributed by atoms with E-state index in [4.69, 9.17) is 0 Å². The van der Waals surface area contributed by atoms with Gasteiger partial charge in [-0.05, 0) is 30.0 Å². The molecular formula is C15H20N2O2. The van der Waals surface area contributed by atoms with Crippen LogP contribution < -0.4 is 10.6 Å². The number of rotatable bonds is 4. The Hall–Kier alpha value is -1.84. The third-order valence-electron chi connectivity index (χ3n) is 3.43. The maximum absolute atomic E-state index is 11.9. The lowest BCUT2D eigenvalue weighted by molar-refractivity contribution is -0.119. The van der Waals surface area contributed by atoms with Gasteiger partial charge < -0.3 is 10.6 Å². The Labute approximate surface area is 113 Å². The fourth-order valence-corrected chi connectivity index (χ4v) is 2.17. The zero-order valence-corrected chi connectivity index (χ0v) is 11.4. The van der Waals surface area contributed by atoms with Gasteiger partial charge in [0, 0.05) is 24.6 Å². The molecule has 102 valence electrons. The summed E-state index contributed by atoms with van der Waals surface area (Å²) in [5.74, 6) is 0.447. The predicted molar refractivity (Wildman–Crippen MR) is 74.0 cm³/mol. The van der Waals surface area contributed by atoms with Gasteiger partial charge in [0.05, 0.1) is 0 Å². The van der Waals surface area contributed by atoms with Crippen molar-refractivity contribution in [2.24, 2.45) is 0 Å². The molecule has 1 aromatic carbocycles. The van der Waals surface area contributed by atoms with Crippen molar-refractivity contribution in [2.75, 3.05) is 6.54 Å². The summed E-state index contributed by atoms with van der Waals surface area (Å²) < 4.78 is 0. The van der Waals surface area contributed by atoms with Gasteiger partial charge in [0.15, 0.2) is 0 Å². The minimum absolute atomic E-state index is 0.0699. The van der Waals surface area contributed by atoms with Crippen LogP contribution in [0.15, 0.2) is 24.3 Å². The largest absolute Gasteiger partial charge is 0.352 e. The number of amides is 2. The fourth-order valence-electron chi connectivity index (χ4n) is 2.17. The highest BCUT2D eigenvalue weighted by Gasteiger charge is 2.21. The van der Waals surface area contributed by atoms with Crippen LogP contribution in [-0.2, 0) is 4.79 Å². The van der Waals surface area contributed by atoms with E-state index < -0.39 is 0 Å². The van der Waals surface area contributed by atoms with Gasteiger partial charge in [0.25, 0.3) is 5.91 Å². The molecule has 0 bridgehead atoms. The van der Waals surface area contributed by atoms with Gasteiger partial charge in [-0.3, -0.25) is 9.59 Å². The van der Waals surface area contributed by atoms with Crippen LogP contribution in [0, 0.1) is 0 Å². The summed E-state index contributed by atoms with van der Waals surface area (Å²) in [7, 11) is 0. The molecule has 0 aromatic heterocycles. The molecule has 1 aliphatic heterocycles. The molecule has 0 saturated carbocycles. The van der Waals surface area contributed by atoms with Crippen molar-refractivity contribution in [3.05, 3.63) is 35.4 Å². The van der Waals surface area contributed by atoms with Crippen LogP contribution in [0.2, 0.25) is 0 Å². The third kappa shape index (κ3) is 3.56. The summed E-state index contributed by atoms with van der Waals surface area (Å²) in [6, 6.07) is 7.73. The van der Waals surface area contributed by atoms with Gasteiger partial charge in [0.1, 0.15) is 0 Å². The molecule has 1 saturated heterocycles. The number of hydrogen-bond donors (Lipinski definition) is 2. The van der Waals surface area contributed by atoms with Crippen molar-refractivity contribution >= 4 is 11.8 Å². The first-order chi connectivity index (χ1) is 9.06. The third-order valence-corrected chi connectivity index (χ3v) is 3.43. The van der Waals surface area contributed by atoms with Gasteiger partial charge in [0.2, 0.25) is 5.91 Å². The summed E-state index contributed by atoms with van der Waals surface area (Å²) in [5, 5.41) is 5.69. The number of carbonyl (C=O) groups is 2. The van der Waals surface area contributed by atoms with Gasteiger partial charge in [-0.25, -0.2) is 0 Å². The van der Waals surface area contributed by atoms with E-state index in [1.54, 1.807) is 0 Å². The van der Waals surface area contributed by atoms with Crippen LogP contribution in [0.1, 0.15) is 48.5 Å². The summed E-state index contributed by atoms with van der Waals surface area (Å²) in [6.45, 7) is 4.74. The first kappa shape index (κ1) is 13.6. The van der Waals surface area contributed by atoms with E-state index in [2.05, 4.69) is 24.5 Å². The molecule has 1 fully saturated rings. The van der Waals surface area contributed by atoms with E-state index in [0.717, 1.165) is 6.42 Å². The van der Waals surface area contributed by atoms with Crippen molar-refractivity contribution in [1.29, 1.82) is 0 Å². The molecular weight excluding hydrogens is 240 g/mol. The minimum Gasteiger partial charge on any atom is -0.352 e. The molecule has 1 unspecified atom stereocenters. The summed E-state index contributed by atoms with van der Waals surface area (Å²) in [5.41, 5.74) is 1.88. The second-order valence-corrected chi connectivity index (χ2v) is 5.29. The van der Waals surface area contributed by atoms with Crippen molar-refractivity contribution in [2.45, 2.75) is 38.6 Å². The van der Waals surface area contributed by atoms with E-state index in [-0.39, 0.29) is 17.9 Å². The van der Waals surface area contributed by atoms with Gasteiger partial charge in [-0.15, -0.1) is 0 Å². The Balaban J connectivity index is 1.87. The van der Waals surface area contributed by atoms with E-state index in [0.29, 0.717) is 24.4 Å². The molecule has 1 aromatic rings. The Morgan fingerprint density at radius 3 is 2.58 bits per heavy atom. The standard InChI is InChI=1S/C15H20N2O2/c1-10(2)11-3-5-12(6-4-11)15(19)16-9-13-7-8-14(18)17-13/h3-6,10,13H,7-9H2,1-2H3,(H,16,19)(H,17,18). The molecule has 2 rings (SSSR count). The molecule has 1 heterocycles. The molecule has 2 N–H and O–H groups in total. The average Bonchev–Trinajstić information content (AvgIpc) is 2.82. The van der Waals surface area contributed by atoms with Gasteiger partial charge in [-0.1, -0.05) is 26.0 Å². The molecule has 1 aliphatic rings. The lowest BCUT2D eigenvalue weighted by Gasteiger charge is -2.12. The predicted octanol–water partition coefficient (Wildman–Crippen LogP) is 1.82. The highest BCUT2D eigenvalue weighted by atomic mass is 16.2. The molecule has 2 amide bonds. The Morgan fingerprint density at radius 1 is 1.37 bits per heavy atom. The monoisotopic (exact) mass is 260 g/mol. The fraction of sp³-hybridized carbons (Fsp3) is 0.467. The topological polar surface area (TPSA) is 58.2 Å². The lowest BCUT2D eigenvalue weighted by atomic mass is 10.0. The zero-order valence-electron chi connectivity index (χ0n) is 11.4. The molecule has 0 aliphatic carbocycles. The minimum atomic E-state index is -0.0866. The Morgan fingerprint density at radius 2 is 2.05 bits per heavy atom. The van der Waals surface area contributed by atoms with E-state index in [9.17, 15) is 9.59 Å². The highest BCUT2D eigenvalue weighted by molar-refractivity contribution is 5.94. The quantitative estimate of drug-likeness (QED) is 0.867. The van der Waals surface area contributed by atoms with Crippen molar-refractivity contribution in [1.82, 2.24) is 10.6 Å². The smallest absolute Gasteiger partial charge is 0.251 e. The maximum Gasteiger partial charge on any atom is 0.251 e. The number of hydrogen-bond acceptors (Lipinski definition) is 2. The van der Waals surface area contributed by atoms with E-state index in [1.165, 1.54) is 5.56 Å². The number of nitrogens with one attached hydrogen (secondary N) is 2. The molecule has 4 heteroatoms. The van der Waals surface area contributed by atoms with Crippen molar-refractivity contribution < 1.29 is 9.59 Å². The van der Waals surface area contributed by atoms with Crippen LogP contribution in [-0.4, -0.2) is 24.4 Å². The van der Waals surface area contributed by atoms with Crippen LogP contribution in [0.4, 0.5) is 0 Å². The van der Waals surface area contributed by atoms with Crippen molar-refractivity contribution in [3.8, 4) is 0 Å². The molecule has 19 heavy (non-hydrogen) atoms. The first-order valence-corrected chi connectivity index (χ1v) is 6.74. The van der Waals surface area contributed by atoms with Crippen LogP contribution >= 0.6 is 0 Å². The van der Waals surface area contributed by atoms with Gasteiger partial charge in [-0.2, -0.15) is 0 Å². The highest BCUT2D eigenvalue weighted by Crippen LogP contribution is 2.14. The zero-order chi connectivity index (χ0) is 13.8. The van der Waals surface area contributed by atoms with Gasteiger partial charge >= 0.3 is 0 Å². The summed E-state index contributed by atoms with van der Waals surface area (Å²) in [4.78, 5) is 23.0. The Kier molecular flexibility index (Phi) is 4.20. The average molecular weight is 260 g/mol. The molecule has 0 spiro atoms.